The van der Waals surface area contributed by atoms with Gasteiger partial charge in [-0.2, -0.15) is 0 Å². The third kappa shape index (κ3) is 36.6. The van der Waals surface area contributed by atoms with Crippen LogP contribution in [0.3, 0.4) is 0 Å². The molecule has 0 aromatic heterocycles. The molecule has 1 fully saturated rings. The summed E-state index contributed by atoms with van der Waals surface area (Å²) in [5.41, 5.74) is 17.4. The number of nitrogens with one attached hydrogen (secondary N) is 17. The topological polar surface area (TPSA) is 774 Å². The Hall–Kier alpha value is -14.4. The lowest BCUT2D eigenvalue weighted by atomic mass is 10.0. The zero-order chi connectivity index (χ0) is 91.0. The summed E-state index contributed by atoms with van der Waals surface area (Å²) in [6.07, 6.45) is -7.87. The normalized spacial score (nSPS) is 15.0. The van der Waals surface area contributed by atoms with Gasteiger partial charge in [0.05, 0.1) is 39.0 Å². The van der Waals surface area contributed by atoms with Crippen LogP contribution in [0.4, 0.5) is 0 Å². The minimum Gasteiger partial charge on any atom is -0.508 e. The first-order valence-corrected chi connectivity index (χ1v) is 38.0. The van der Waals surface area contributed by atoms with Crippen LogP contribution in [0, 0.1) is 11.3 Å². The molecule has 0 unspecified atom stereocenters. The summed E-state index contributed by atoms with van der Waals surface area (Å²) < 4.78 is 0. The number of aliphatic carboxylic acids is 4. The predicted molar refractivity (Wildman–Crippen MR) is 420 cm³/mol. The van der Waals surface area contributed by atoms with Crippen LogP contribution in [-0.4, -0.2) is 266 Å². The molecule has 3 aromatic rings. The van der Waals surface area contributed by atoms with Crippen molar-refractivity contribution in [3.8, 4) is 5.75 Å². The highest BCUT2D eigenvalue weighted by molar-refractivity contribution is 6.02. The smallest absolute Gasteiger partial charge is 0.326 e. The van der Waals surface area contributed by atoms with Crippen molar-refractivity contribution in [1.82, 2.24) is 85.1 Å². The summed E-state index contributed by atoms with van der Waals surface area (Å²) in [7, 11) is 0. The van der Waals surface area contributed by atoms with Crippen molar-refractivity contribution in [2.24, 2.45) is 23.1 Å². The molecule has 29 N–H and O–H groups in total. The fraction of sp³-hybridized carbons (Fsp3) is 0.467. The molecule has 0 saturated carbocycles. The number of nitrogens with two attached hydrogens (primary N) is 3. The molecule has 17 amide bonds. The highest BCUT2D eigenvalue weighted by atomic mass is 16.4. The van der Waals surface area contributed by atoms with Gasteiger partial charge in [0.2, 0.25) is 100 Å². The number of aliphatic hydroxyl groups is 1. The number of amides is 17. The molecule has 47 heteroatoms. The van der Waals surface area contributed by atoms with E-state index < -0.39 is 279 Å². The van der Waals surface area contributed by atoms with Crippen LogP contribution in [0.2, 0.25) is 0 Å². The number of phenolic OH excluding ortho intramolecular Hbond substituents is 1. The molecule has 1 saturated heterocycles. The number of carbonyl (C=O) groups excluding carboxylic acids is 17. The number of aromatic hydroxyl groups is 1. The summed E-state index contributed by atoms with van der Waals surface area (Å²) in [5, 5.41) is 103. The Kier molecular flexibility index (Phi) is 41.2. The Morgan fingerprint density at radius 2 is 0.820 bits per heavy atom. The van der Waals surface area contributed by atoms with E-state index in [2.05, 4.69) is 74.4 Å². The van der Waals surface area contributed by atoms with Gasteiger partial charge in [-0.25, -0.2) is 4.79 Å². The van der Waals surface area contributed by atoms with Gasteiger partial charge in [-0.05, 0) is 73.8 Å². The monoisotopic (exact) mass is 1710 g/mol. The van der Waals surface area contributed by atoms with Crippen molar-refractivity contribution < 1.29 is 131 Å². The molecule has 0 spiro atoms. The molecule has 0 radical (unpaired) electrons. The molecule has 0 aliphatic carbocycles. The standard InChI is InChI=1S/C75H102N20O27/c1-36(2)61(95-57(102)34-82-63(110)43-20-23-55(100)84-43)73(120)92-49(31-54(77)99)70(117)91-50(32-60(107)108)71(118)90-48(30-53(76)98)69(116)88-45(22-25-59(105)106)66(113)87-44(21-24-58(103)104)64(111)81-33-56(101)85-46(27-38-11-6-4-7-12-38)67(114)89-47(28-39-13-8-5-9-14-39)68(115)94-52(35-96)72(119)83-37(3)62(109)86-42(15-10-26-80-75(78)79)65(112)93-51(74(121)122)29-40-16-18-41(97)19-17-40/h4-9,11-14,16-19,36-37,42-52,61,96-97H,10,15,20-35H2,1-3H3,(H2,76,98)(H2,77,99)(H,81,111)(H,82,110)(H,83,119)(H,84,100)(H,85,101)(H,86,109)(H,87,113)(H,88,116)(H,89,114)(H,90,118)(H,91,117)(H,92,120)(H,93,112)(H,94,115)(H,95,102)(H,103,104)(H,105,106)(H,107,108)(H,121,122)(H4,78,79,80)/t37-,42-,43-,44-,45-,46-,47-,48-,49-,50-,51-,52-,61-/m0/s1. The zero-order valence-corrected chi connectivity index (χ0v) is 66.4. The number of primary amides is 2. The van der Waals surface area contributed by atoms with E-state index in [0.29, 0.717) is 16.7 Å². The van der Waals surface area contributed by atoms with E-state index in [0.717, 1.165) is 0 Å². The van der Waals surface area contributed by atoms with Crippen LogP contribution in [0.5, 0.6) is 5.75 Å². The van der Waals surface area contributed by atoms with Crippen molar-refractivity contribution in [3.05, 3.63) is 102 Å². The number of hydrogen-bond acceptors (Lipinski definition) is 24. The summed E-state index contributed by atoms with van der Waals surface area (Å²) in [6, 6.07) is -1.56. The largest absolute Gasteiger partial charge is 0.508 e. The minimum atomic E-state index is -2.28. The molecule has 1 aliphatic rings. The summed E-state index contributed by atoms with van der Waals surface area (Å²) in [5.74, 6) is -27.4. The van der Waals surface area contributed by atoms with Crippen molar-refractivity contribution in [3.63, 3.8) is 0 Å². The van der Waals surface area contributed by atoms with Crippen molar-refractivity contribution >= 4 is 130 Å². The fourth-order valence-corrected chi connectivity index (χ4v) is 11.7. The quantitative estimate of drug-likeness (QED) is 0.0142. The Balaban J connectivity index is 1.53. The van der Waals surface area contributed by atoms with Crippen LogP contribution >= 0.6 is 0 Å². The number of carboxylic acids is 4. The Bertz CT molecular complexity index is 4290. The first-order chi connectivity index (χ1) is 57.5. The number of hydrogen-bond donors (Lipinski definition) is 26. The average Bonchev–Trinajstić information content (AvgIpc) is 1.06. The van der Waals surface area contributed by atoms with Crippen molar-refractivity contribution in [1.29, 1.82) is 5.41 Å². The van der Waals surface area contributed by atoms with Gasteiger partial charge in [0.15, 0.2) is 5.96 Å². The highest BCUT2D eigenvalue weighted by Gasteiger charge is 2.39. The van der Waals surface area contributed by atoms with E-state index in [9.17, 15) is 131 Å². The fourth-order valence-electron chi connectivity index (χ4n) is 11.7. The average molecular weight is 1720 g/mol. The number of phenols is 1. The third-order valence-corrected chi connectivity index (χ3v) is 18.1. The van der Waals surface area contributed by atoms with Gasteiger partial charge in [-0.15, -0.1) is 0 Å². The zero-order valence-electron chi connectivity index (χ0n) is 66.4. The van der Waals surface area contributed by atoms with E-state index in [1.807, 2.05) is 10.6 Å². The number of aliphatic hydroxyl groups excluding tert-OH is 1. The van der Waals surface area contributed by atoms with E-state index in [4.69, 9.17) is 22.6 Å². The molecule has 13 atom stereocenters. The van der Waals surface area contributed by atoms with Crippen molar-refractivity contribution in [2.45, 2.75) is 189 Å². The Labute approximate surface area is 695 Å². The predicted octanol–water partition coefficient (Wildman–Crippen LogP) is -9.28. The summed E-state index contributed by atoms with van der Waals surface area (Å²) in [4.78, 5) is 278. The van der Waals surface area contributed by atoms with E-state index >= 15 is 0 Å². The second-order valence-electron chi connectivity index (χ2n) is 28.3. The Morgan fingerprint density at radius 3 is 1.28 bits per heavy atom. The molecule has 4 rings (SSSR count). The highest BCUT2D eigenvalue weighted by Crippen LogP contribution is 2.15. The van der Waals surface area contributed by atoms with E-state index in [-0.39, 0.29) is 57.2 Å². The van der Waals surface area contributed by atoms with Gasteiger partial charge in [0.1, 0.15) is 84.3 Å². The molecule has 3 aromatic carbocycles. The van der Waals surface area contributed by atoms with Gasteiger partial charge in [0, 0.05) is 45.1 Å². The second kappa shape index (κ2) is 50.4. The lowest BCUT2D eigenvalue weighted by molar-refractivity contribution is -0.142. The molecule has 1 aliphatic heterocycles. The summed E-state index contributed by atoms with van der Waals surface area (Å²) in [6.45, 7) is 1.20. The van der Waals surface area contributed by atoms with Crippen LogP contribution in [-0.2, 0) is 120 Å². The maximum atomic E-state index is 14.6. The van der Waals surface area contributed by atoms with Crippen LogP contribution < -0.4 is 102 Å². The molecule has 122 heavy (non-hydrogen) atoms. The van der Waals surface area contributed by atoms with Gasteiger partial charge in [0.25, 0.3) is 0 Å². The Morgan fingerprint density at radius 1 is 0.426 bits per heavy atom. The van der Waals surface area contributed by atoms with Gasteiger partial charge < -0.3 is 133 Å². The maximum Gasteiger partial charge on any atom is 0.326 e. The lowest BCUT2D eigenvalue weighted by Crippen LogP contribution is -2.61. The number of carboxylic acid groups (broad SMARTS) is 4. The lowest BCUT2D eigenvalue weighted by Gasteiger charge is -2.27. The van der Waals surface area contributed by atoms with Crippen molar-refractivity contribution in [2.75, 3.05) is 26.2 Å². The number of rotatable bonds is 53. The maximum absolute atomic E-state index is 14.6. The number of guanidine groups is 1. The van der Waals surface area contributed by atoms with Crippen LogP contribution in [0.1, 0.15) is 108 Å². The molecule has 664 valence electrons. The number of benzene rings is 3. The molecule has 0 bridgehead atoms. The van der Waals surface area contributed by atoms with E-state index in [1.54, 1.807) is 60.7 Å². The van der Waals surface area contributed by atoms with E-state index in [1.165, 1.54) is 45.0 Å². The summed E-state index contributed by atoms with van der Waals surface area (Å²) >= 11 is 0. The van der Waals surface area contributed by atoms with Gasteiger partial charge in [-0.1, -0.05) is 86.6 Å². The van der Waals surface area contributed by atoms with Gasteiger partial charge in [-0.3, -0.25) is 101 Å². The SMILES string of the molecule is CC(C)[C@H](NC(=O)CNC(=O)[C@@H]1CCC(=O)N1)C(=O)N[C@@H](CC(N)=O)C(=O)N[C@@H](CC(=O)O)C(=O)N[C@@H](CC(N)=O)C(=O)N[C@@H](CCC(=O)O)C(=O)N[C@@H](CCC(=O)O)C(=O)NCC(=O)N[C@@H](Cc1ccccc1)C(=O)N[C@@H](Cc1ccccc1)C(=O)N[C@@H](CO)C(=O)N[C@@H](C)C(=O)N[C@@H](CCCNC(=N)N)C(=O)N[C@@H](Cc1ccc(O)cc1)C(=O)O. The molecule has 47 nitrogen and oxygen atoms in total. The van der Waals surface area contributed by atoms with Gasteiger partial charge >= 0.3 is 23.9 Å². The molecule has 1 heterocycles. The first kappa shape index (κ1) is 99.9. The molecular weight excluding hydrogens is 1610 g/mol. The minimum absolute atomic E-state index is 0.0293. The number of carbonyl (C=O) groups is 21. The third-order valence-electron chi connectivity index (χ3n) is 18.1. The van der Waals surface area contributed by atoms with Crippen LogP contribution in [0.15, 0.2) is 84.9 Å². The first-order valence-electron chi connectivity index (χ1n) is 38.0. The van der Waals surface area contributed by atoms with Crippen LogP contribution in [0.25, 0.3) is 0 Å². The molecular formula is C75H102N20O27. The second-order valence-corrected chi connectivity index (χ2v) is 28.3.